The molecule has 0 radical (unpaired) electrons. The number of hydrogen-bond acceptors (Lipinski definition) is 6. The number of nitrogens with zero attached hydrogens (tertiary/aromatic N) is 5. The predicted octanol–water partition coefficient (Wildman–Crippen LogP) is 3.72. The number of nitrogens with one attached hydrogen (secondary N) is 2. The minimum Gasteiger partial charge on any atom is -0.377 e. The highest BCUT2D eigenvalue weighted by molar-refractivity contribution is 6.32. The van der Waals surface area contributed by atoms with Gasteiger partial charge in [-0.25, -0.2) is 9.78 Å². The lowest BCUT2D eigenvalue weighted by molar-refractivity contribution is 0.120. The van der Waals surface area contributed by atoms with Gasteiger partial charge in [0.1, 0.15) is 0 Å². The highest BCUT2D eigenvalue weighted by atomic mass is 35.5. The normalized spacial score (nSPS) is 11.9. The molecule has 0 saturated carbocycles. The number of urea groups is 1. The van der Waals surface area contributed by atoms with Gasteiger partial charge in [0.25, 0.3) is 0 Å². The van der Waals surface area contributed by atoms with E-state index in [0.717, 1.165) is 0 Å². The maximum atomic E-state index is 12.3. The van der Waals surface area contributed by atoms with Crippen LogP contribution < -0.4 is 10.6 Å². The molecule has 0 saturated heterocycles. The first-order valence-corrected chi connectivity index (χ1v) is 8.51. The van der Waals surface area contributed by atoms with Crippen LogP contribution in [0, 0.1) is 0 Å². The lowest BCUT2D eigenvalue weighted by Gasteiger charge is -2.17. The van der Waals surface area contributed by atoms with E-state index < -0.39 is 6.03 Å². The maximum Gasteiger partial charge on any atom is 0.323 e. The molecular formula is C16H15Cl2N7O2. The minimum absolute atomic E-state index is 0.280. The highest BCUT2D eigenvalue weighted by Crippen LogP contribution is 2.31. The summed E-state index contributed by atoms with van der Waals surface area (Å²) in [5.74, 6) is 0.350. The van der Waals surface area contributed by atoms with Gasteiger partial charge in [-0.2, -0.15) is 10.2 Å². The Bertz CT molecular complexity index is 950. The van der Waals surface area contributed by atoms with Crippen LogP contribution in [0.2, 0.25) is 10.0 Å². The van der Waals surface area contributed by atoms with E-state index in [9.17, 15) is 4.79 Å². The number of methoxy groups -OCH3 is 1. The molecule has 0 aromatic carbocycles. The maximum absolute atomic E-state index is 12.3. The van der Waals surface area contributed by atoms with Crippen molar-refractivity contribution in [2.24, 2.45) is 0 Å². The molecule has 0 aliphatic carbocycles. The predicted molar refractivity (Wildman–Crippen MR) is 101 cm³/mol. The molecule has 0 spiro atoms. The average Bonchev–Trinajstić information content (AvgIpc) is 3.15. The first-order valence-electron chi connectivity index (χ1n) is 7.76. The number of carbonyl (C=O) groups excluding carboxylic acids is 1. The fourth-order valence-electron chi connectivity index (χ4n) is 2.33. The summed E-state index contributed by atoms with van der Waals surface area (Å²) in [6.45, 7) is 1.82. The Labute approximate surface area is 164 Å². The molecule has 0 unspecified atom stereocenters. The molecule has 0 aliphatic heterocycles. The van der Waals surface area contributed by atoms with Gasteiger partial charge in [0.05, 0.1) is 52.3 Å². The summed E-state index contributed by atoms with van der Waals surface area (Å²) in [5, 5.41) is 13.9. The van der Waals surface area contributed by atoms with Crippen LogP contribution in [0.1, 0.15) is 18.6 Å². The monoisotopic (exact) mass is 407 g/mol. The number of hydrogen-bond donors (Lipinski definition) is 2. The molecule has 0 bridgehead atoms. The van der Waals surface area contributed by atoms with Crippen LogP contribution in [0.25, 0.3) is 5.82 Å². The van der Waals surface area contributed by atoms with Gasteiger partial charge in [0.15, 0.2) is 5.82 Å². The van der Waals surface area contributed by atoms with Crippen molar-refractivity contribution in [1.29, 1.82) is 0 Å². The number of rotatable bonds is 5. The van der Waals surface area contributed by atoms with Crippen molar-refractivity contribution in [2.45, 2.75) is 13.0 Å². The summed E-state index contributed by atoms with van der Waals surface area (Å²) in [6, 6.07) is 1.04. The highest BCUT2D eigenvalue weighted by Gasteiger charge is 2.17. The summed E-state index contributed by atoms with van der Waals surface area (Å²) in [5.41, 5.74) is 1.45. The summed E-state index contributed by atoms with van der Waals surface area (Å²) >= 11 is 12.4. The number of halogens is 2. The van der Waals surface area contributed by atoms with Gasteiger partial charge < -0.3 is 15.4 Å². The van der Waals surface area contributed by atoms with E-state index in [4.69, 9.17) is 27.9 Å². The summed E-state index contributed by atoms with van der Waals surface area (Å²) in [7, 11) is 1.55. The molecule has 27 heavy (non-hydrogen) atoms. The lowest BCUT2D eigenvalue weighted by Crippen LogP contribution is -2.21. The quantitative estimate of drug-likeness (QED) is 0.667. The van der Waals surface area contributed by atoms with Gasteiger partial charge in [0.2, 0.25) is 0 Å². The van der Waals surface area contributed by atoms with Crippen LogP contribution in [0.5, 0.6) is 0 Å². The zero-order chi connectivity index (χ0) is 19.4. The number of pyridine rings is 2. The number of anilines is 2. The fraction of sp³-hybridized carbons (Fsp3) is 0.188. The van der Waals surface area contributed by atoms with E-state index in [2.05, 4.69) is 30.8 Å². The fourth-order valence-corrected chi connectivity index (χ4v) is 2.89. The van der Waals surface area contributed by atoms with Crippen molar-refractivity contribution in [3.8, 4) is 5.82 Å². The Kier molecular flexibility index (Phi) is 5.84. The third-order valence-corrected chi connectivity index (χ3v) is 4.21. The van der Waals surface area contributed by atoms with Gasteiger partial charge in [-0.3, -0.25) is 4.98 Å². The zero-order valence-electron chi connectivity index (χ0n) is 14.3. The first-order chi connectivity index (χ1) is 13.0. The second-order valence-corrected chi connectivity index (χ2v) is 6.20. The third-order valence-electron chi connectivity index (χ3n) is 3.64. The third kappa shape index (κ3) is 4.33. The van der Waals surface area contributed by atoms with Crippen molar-refractivity contribution < 1.29 is 9.53 Å². The van der Waals surface area contributed by atoms with Crippen molar-refractivity contribution in [3.05, 3.63) is 52.7 Å². The molecule has 3 aromatic rings. The molecule has 0 fully saturated rings. The molecule has 3 rings (SSSR count). The molecule has 3 aromatic heterocycles. The van der Waals surface area contributed by atoms with E-state index in [1.807, 2.05) is 6.92 Å². The van der Waals surface area contributed by atoms with Crippen molar-refractivity contribution in [2.75, 3.05) is 17.7 Å². The zero-order valence-corrected chi connectivity index (χ0v) is 15.9. The molecule has 2 N–H and O–H groups in total. The number of amides is 2. The molecule has 9 nitrogen and oxygen atoms in total. The number of carbonyl (C=O) groups is 1. The topological polar surface area (TPSA) is 107 Å². The molecule has 3 heterocycles. The second kappa shape index (κ2) is 8.30. The van der Waals surface area contributed by atoms with Crippen LogP contribution in [0.4, 0.5) is 16.2 Å². The van der Waals surface area contributed by atoms with Crippen LogP contribution >= 0.6 is 23.2 Å². The molecule has 1 atom stereocenters. The standard InChI is InChI=1S/C16H15Cl2N7O2/c1-9(27-2)14-12(18)7-19-8-13(14)24-16(26)23-10-5-11(17)15(20-6-10)25-21-3-4-22-25/h3-9H,1-2H3,(H2,23,24,26)/t9-/m0/s1. The minimum atomic E-state index is -0.508. The Morgan fingerprint density at radius 2 is 1.89 bits per heavy atom. The van der Waals surface area contributed by atoms with Crippen LogP contribution in [0.3, 0.4) is 0 Å². The van der Waals surface area contributed by atoms with Gasteiger partial charge in [0, 0.05) is 18.9 Å². The molecular weight excluding hydrogens is 393 g/mol. The summed E-state index contributed by atoms with van der Waals surface area (Å²) in [6.07, 6.45) is 7.12. The van der Waals surface area contributed by atoms with Crippen LogP contribution in [-0.2, 0) is 4.74 Å². The van der Waals surface area contributed by atoms with Crippen LogP contribution in [-0.4, -0.2) is 38.1 Å². The molecule has 0 aliphatic rings. The van der Waals surface area contributed by atoms with Gasteiger partial charge in [-0.05, 0) is 13.0 Å². The average molecular weight is 408 g/mol. The van der Waals surface area contributed by atoms with E-state index in [1.165, 1.54) is 35.8 Å². The van der Waals surface area contributed by atoms with E-state index >= 15 is 0 Å². The van der Waals surface area contributed by atoms with Gasteiger partial charge in [-0.15, -0.1) is 4.80 Å². The Hall–Kier alpha value is -2.75. The number of aromatic nitrogens is 5. The molecule has 11 heteroatoms. The van der Waals surface area contributed by atoms with Gasteiger partial charge >= 0.3 is 6.03 Å². The Morgan fingerprint density at radius 3 is 2.56 bits per heavy atom. The smallest absolute Gasteiger partial charge is 0.323 e. The second-order valence-electron chi connectivity index (χ2n) is 5.39. The van der Waals surface area contributed by atoms with Crippen molar-refractivity contribution >= 4 is 40.6 Å². The van der Waals surface area contributed by atoms with E-state index in [0.29, 0.717) is 27.8 Å². The van der Waals surface area contributed by atoms with Crippen molar-refractivity contribution in [3.63, 3.8) is 0 Å². The van der Waals surface area contributed by atoms with E-state index in [1.54, 1.807) is 13.2 Å². The Balaban J connectivity index is 1.75. The van der Waals surface area contributed by atoms with Crippen molar-refractivity contribution in [1.82, 2.24) is 25.0 Å². The van der Waals surface area contributed by atoms with E-state index in [-0.39, 0.29) is 11.1 Å². The summed E-state index contributed by atoms with van der Waals surface area (Å²) < 4.78 is 5.30. The lowest BCUT2D eigenvalue weighted by atomic mass is 10.1. The molecule has 140 valence electrons. The first kappa shape index (κ1) is 19.0. The number of ether oxygens (including phenoxy) is 1. The van der Waals surface area contributed by atoms with Gasteiger partial charge in [-0.1, -0.05) is 23.2 Å². The SMILES string of the molecule is CO[C@@H](C)c1c(Cl)cncc1NC(=O)Nc1cnc(-n2nccn2)c(Cl)c1. The Morgan fingerprint density at radius 1 is 1.15 bits per heavy atom. The van der Waals surface area contributed by atoms with Crippen LogP contribution in [0.15, 0.2) is 37.1 Å². The molecule has 2 amide bonds. The summed E-state index contributed by atoms with van der Waals surface area (Å²) in [4.78, 5) is 21.8. The largest absolute Gasteiger partial charge is 0.377 e.